The molecule has 4 amide bonds. The predicted octanol–water partition coefficient (Wildman–Crippen LogP) is -0.485. The Kier molecular flexibility index (Phi) is 12.3. The second kappa shape index (κ2) is 15.9. The van der Waals surface area contributed by atoms with E-state index in [0.717, 1.165) is 4.90 Å². The van der Waals surface area contributed by atoms with Crippen LogP contribution in [0, 0.1) is 11.8 Å². The van der Waals surface area contributed by atoms with Gasteiger partial charge in [0.25, 0.3) is 11.8 Å². The summed E-state index contributed by atoms with van der Waals surface area (Å²) in [5, 5.41) is 10.7. The summed E-state index contributed by atoms with van der Waals surface area (Å²) in [5.74, 6) is 3.45. The monoisotopic (exact) mass is 532 g/mol. The van der Waals surface area contributed by atoms with E-state index in [2.05, 4.69) is 17.2 Å². The highest BCUT2D eigenvalue weighted by molar-refractivity contribution is 6.24. The molecule has 0 radical (unpaired) electrons. The molecule has 2 aliphatic heterocycles. The van der Waals surface area contributed by atoms with Crippen LogP contribution >= 0.6 is 0 Å². The first-order valence-electron chi connectivity index (χ1n) is 12.4. The second-order valence-electron chi connectivity index (χ2n) is 8.20. The van der Waals surface area contributed by atoms with Crippen molar-refractivity contribution >= 4 is 23.6 Å². The summed E-state index contributed by atoms with van der Waals surface area (Å²) in [4.78, 5) is 50.4. The van der Waals surface area contributed by atoms with Crippen molar-refractivity contribution in [2.45, 2.75) is 18.9 Å². The average Bonchev–Trinajstić information content (AvgIpc) is 3.16. The quantitative estimate of drug-likeness (QED) is 0.162. The van der Waals surface area contributed by atoms with Crippen molar-refractivity contribution in [3.8, 4) is 11.8 Å². The highest BCUT2D eigenvalue weighted by Crippen LogP contribution is 2.29. The SMILES string of the molecule is O=C1CCC(N2C(=O)c3cccc(C#CCOCCOCCOCCOCCOCCO)c3C2=O)C(=O)N1. The molecule has 12 heteroatoms. The van der Waals surface area contributed by atoms with E-state index in [1.807, 2.05) is 0 Å². The Balaban J connectivity index is 1.32. The van der Waals surface area contributed by atoms with Crippen LogP contribution in [0.5, 0.6) is 0 Å². The van der Waals surface area contributed by atoms with Crippen molar-refractivity contribution in [1.82, 2.24) is 10.2 Å². The Bertz CT molecular complexity index is 1050. The molecule has 1 fully saturated rings. The van der Waals surface area contributed by atoms with Gasteiger partial charge < -0.3 is 28.8 Å². The van der Waals surface area contributed by atoms with Gasteiger partial charge >= 0.3 is 0 Å². The minimum Gasteiger partial charge on any atom is -0.394 e. The summed E-state index contributed by atoms with van der Waals surface area (Å²) in [6, 6.07) is 3.75. The summed E-state index contributed by atoms with van der Waals surface area (Å²) in [6.07, 6.45) is 0.152. The van der Waals surface area contributed by atoms with Gasteiger partial charge in [0.15, 0.2) is 0 Å². The number of carbonyl (C=O) groups excluding carboxylic acids is 4. The van der Waals surface area contributed by atoms with E-state index in [9.17, 15) is 19.2 Å². The van der Waals surface area contributed by atoms with E-state index < -0.39 is 29.7 Å². The number of ether oxygens (including phenoxy) is 5. The van der Waals surface area contributed by atoms with Crippen LogP contribution < -0.4 is 5.32 Å². The van der Waals surface area contributed by atoms with E-state index in [-0.39, 0.29) is 37.2 Å². The zero-order valence-electron chi connectivity index (χ0n) is 21.1. The smallest absolute Gasteiger partial charge is 0.263 e. The normalized spacial score (nSPS) is 16.9. The lowest BCUT2D eigenvalue weighted by atomic mass is 10.0. The Morgan fingerprint density at radius 3 is 2.05 bits per heavy atom. The van der Waals surface area contributed by atoms with Gasteiger partial charge in [-0.3, -0.25) is 29.4 Å². The van der Waals surface area contributed by atoms with Crippen molar-refractivity contribution in [3.63, 3.8) is 0 Å². The molecule has 3 rings (SSSR count). The van der Waals surface area contributed by atoms with Crippen LogP contribution in [0.4, 0.5) is 0 Å². The molecular weight excluding hydrogens is 500 g/mol. The molecule has 0 spiro atoms. The van der Waals surface area contributed by atoms with Crippen molar-refractivity contribution in [2.24, 2.45) is 0 Å². The van der Waals surface area contributed by atoms with Crippen molar-refractivity contribution in [3.05, 3.63) is 34.9 Å². The van der Waals surface area contributed by atoms with E-state index >= 15 is 0 Å². The van der Waals surface area contributed by atoms with Crippen molar-refractivity contribution in [2.75, 3.05) is 72.7 Å². The second-order valence-corrected chi connectivity index (χ2v) is 8.20. The topological polar surface area (TPSA) is 150 Å². The summed E-state index contributed by atoms with van der Waals surface area (Å²) in [6.45, 7) is 3.68. The molecule has 12 nitrogen and oxygen atoms in total. The van der Waals surface area contributed by atoms with E-state index in [0.29, 0.717) is 65.0 Å². The first kappa shape index (κ1) is 29.4. The van der Waals surface area contributed by atoms with E-state index in [4.69, 9.17) is 28.8 Å². The summed E-state index contributed by atoms with van der Waals surface area (Å²) in [7, 11) is 0. The fourth-order valence-electron chi connectivity index (χ4n) is 3.82. The molecular formula is C26H32N2O10. The Morgan fingerprint density at radius 1 is 0.842 bits per heavy atom. The van der Waals surface area contributed by atoms with Crippen LogP contribution in [0.1, 0.15) is 39.1 Å². The lowest BCUT2D eigenvalue weighted by Gasteiger charge is -2.27. The maximum absolute atomic E-state index is 13.0. The van der Waals surface area contributed by atoms with Gasteiger partial charge in [-0.2, -0.15) is 0 Å². The molecule has 1 saturated heterocycles. The number of rotatable bonds is 16. The summed E-state index contributed by atoms with van der Waals surface area (Å²) in [5.41, 5.74) is 0.703. The first-order valence-corrected chi connectivity index (χ1v) is 12.4. The molecule has 0 saturated carbocycles. The molecule has 1 aromatic rings. The van der Waals surface area contributed by atoms with Crippen LogP contribution in [-0.4, -0.2) is 112 Å². The van der Waals surface area contributed by atoms with Crippen LogP contribution in [0.25, 0.3) is 0 Å². The standard InChI is InChI=1S/C26H32N2O10/c29-8-10-35-12-14-37-16-18-38-17-15-36-13-11-34-9-2-4-19-3-1-5-20-23(19)26(33)28(25(20)32)21-6-7-22(30)27-24(21)31/h1,3,5,21,29H,6-18H2,(H,27,30,31). The molecule has 206 valence electrons. The van der Waals surface area contributed by atoms with E-state index in [1.54, 1.807) is 12.1 Å². The van der Waals surface area contributed by atoms with Crippen LogP contribution in [0.2, 0.25) is 0 Å². The number of nitrogens with one attached hydrogen (secondary N) is 1. The Labute approximate surface area is 220 Å². The Morgan fingerprint density at radius 2 is 1.45 bits per heavy atom. The third-order valence-electron chi connectivity index (χ3n) is 5.59. The zero-order valence-corrected chi connectivity index (χ0v) is 21.1. The van der Waals surface area contributed by atoms with Crippen LogP contribution in [0.3, 0.4) is 0 Å². The molecule has 0 aliphatic carbocycles. The minimum absolute atomic E-state index is 0.00315. The van der Waals surface area contributed by atoms with Gasteiger partial charge in [0.1, 0.15) is 12.6 Å². The number of carbonyl (C=O) groups is 4. The minimum atomic E-state index is -1.02. The molecule has 1 atom stereocenters. The van der Waals surface area contributed by atoms with Gasteiger partial charge in [0.05, 0.1) is 77.2 Å². The number of aliphatic hydroxyl groups is 1. The number of amides is 4. The molecule has 2 N–H and O–H groups in total. The number of hydrogen-bond donors (Lipinski definition) is 2. The molecule has 1 unspecified atom stereocenters. The maximum Gasteiger partial charge on any atom is 0.263 e. The van der Waals surface area contributed by atoms with Gasteiger partial charge in [-0.15, -0.1) is 0 Å². The number of fused-ring (bicyclic) bond motifs is 1. The van der Waals surface area contributed by atoms with Gasteiger partial charge in [-0.05, 0) is 18.6 Å². The van der Waals surface area contributed by atoms with Gasteiger partial charge in [0.2, 0.25) is 11.8 Å². The molecule has 38 heavy (non-hydrogen) atoms. The third kappa shape index (κ3) is 8.42. The number of hydrogen-bond acceptors (Lipinski definition) is 10. The summed E-state index contributed by atoms with van der Waals surface area (Å²) >= 11 is 0. The molecule has 2 heterocycles. The van der Waals surface area contributed by atoms with Crippen molar-refractivity contribution in [1.29, 1.82) is 0 Å². The average molecular weight is 533 g/mol. The zero-order chi connectivity index (χ0) is 27.2. The van der Waals surface area contributed by atoms with E-state index in [1.165, 1.54) is 6.07 Å². The van der Waals surface area contributed by atoms with Crippen molar-refractivity contribution < 1.29 is 48.0 Å². The Hall–Kier alpha value is -3.18. The molecule has 1 aromatic carbocycles. The fourth-order valence-corrected chi connectivity index (χ4v) is 3.82. The molecule has 2 aliphatic rings. The van der Waals surface area contributed by atoms with Crippen LogP contribution in [0.15, 0.2) is 18.2 Å². The lowest BCUT2D eigenvalue weighted by molar-refractivity contribution is -0.136. The number of aliphatic hydroxyl groups excluding tert-OH is 1. The summed E-state index contributed by atoms with van der Waals surface area (Å²) < 4.78 is 26.6. The number of benzene rings is 1. The molecule has 0 aromatic heterocycles. The highest BCUT2D eigenvalue weighted by Gasteiger charge is 2.45. The first-order chi connectivity index (χ1) is 18.5. The molecule has 0 bridgehead atoms. The lowest BCUT2D eigenvalue weighted by Crippen LogP contribution is -2.54. The maximum atomic E-state index is 13.0. The number of nitrogens with zero attached hydrogens (tertiary/aromatic N) is 1. The number of imide groups is 2. The number of piperidine rings is 1. The fraction of sp³-hybridized carbons (Fsp3) is 0.538. The van der Waals surface area contributed by atoms with Crippen LogP contribution in [-0.2, 0) is 33.3 Å². The third-order valence-corrected chi connectivity index (χ3v) is 5.59. The van der Waals surface area contributed by atoms with Gasteiger partial charge in [0, 0.05) is 12.0 Å². The van der Waals surface area contributed by atoms with Gasteiger partial charge in [-0.25, -0.2) is 0 Å². The highest BCUT2D eigenvalue weighted by atomic mass is 16.6. The van der Waals surface area contributed by atoms with Gasteiger partial charge in [-0.1, -0.05) is 17.9 Å². The largest absolute Gasteiger partial charge is 0.394 e. The predicted molar refractivity (Wildman–Crippen MR) is 131 cm³/mol.